The van der Waals surface area contributed by atoms with Gasteiger partial charge in [-0.1, -0.05) is 26.2 Å². The van der Waals surface area contributed by atoms with Crippen molar-refractivity contribution in [2.75, 3.05) is 18.8 Å². The van der Waals surface area contributed by atoms with Crippen molar-refractivity contribution in [3.05, 3.63) is 0 Å². The molecule has 0 aromatic carbocycles. The second-order valence-corrected chi connectivity index (χ2v) is 9.51. The van der Waals surface area contributed by atoms with Gasteiger partial charge in [-0.2, -0.15) is 0 Å². The molecule has 0 unspecified atom stereocenters. The summed E-state index contributed by atoms with van der Waals surface area (Å²) in [4.78, 5) is 0. The summed E-state index contributed by atoms with van der Waals surface area (Å²) in [6, 6.07) is 0. The van der Waals surface area contributed by atoms with E-state index in [-0.39, 0.29) is 10.0 Å². The highest BCUT2D eigenvalue weighted by atomic mass is 32.3. The molecule has 1 rings (SSSR count). The lowest BCUT2D eigenvalue weighted by Crippen LogP contribution is -2.32. The van der Waals surface area contributed by atoms with E-state index in [1.165, 1.54) is 32.1 Å². The Morgan fingerprint density at radius 3 is 1.64 bits per heavy atom. The van der Waals surface area contributed by atoms with Crippen LogP contribution in [0.5, 0.6) is 0 Å². The van der Waals surface area contributed by atoms with Crippen molar-refractivity contribution >= 4 is 10.0 Å². The molecular formula is C10H22S. The van der Waals surface area contributed by atoms with Crippen LogP contribution in [0, 0.1) is 0 Å². The molecule has 68 valence electrons. The van der Waals surface area contributed by atoms with Gasteiger partial charge in [0, 0.05) is 0 Å². The minimum Gasteiger partial charge on any atom is -0.244 e. The van der Waals surface area contributed by atoms with Crippen LogP contribution in [0.3, 0.4) is 0 Å². The van der Waals surface area contributed by atoms with E-state index in [4.69, 9.17) is 0 Å². The van der Waals surface area contributed by atoms with E-state index < -0.39 is 0 Å². The summed E-state index contributed by atoms with van der Waals surface area (Å²) < 4.78 is 0.700. The molecule has 1 saturated carbocycles. The molecule has 0 N–H and O–H groups in total. The number of hydrogen-bond acceptors (Lipinski definition) is 0. The lowest BCUT2D eigenvalue weighted by atomic mass is 9.90. The maximum atomic E-state index is 2.50. The van der Waals surface area contributed by atoms with E-state index in [0.717, 1.165) is 0 Å². The molecule has 0 aliphatic heterocycles. The highest BCUT2D eigenvalue weighted by molar-refractivity contribution is 8.33. The van der Waals surface area contributed by atoms with Gasteiger partial charge in [-0.05, 0) is 36.4 Å². The zero-order valence-electron chi connectivity index (χ0n) is 8.44. The zero-order chi connectivity index (χ0) is 8.54. The van der Waals surface area contributed by atoms with E-state index in [1.807, 2.05) is 0 Å². The summed E-state index contributed by atoms with van der Waals surface area (Å²) in [6.07, 6.45) is 14.8. The lowest BCUT2D eigenvalue weighted by Gasteiger charge is -2.49. The van der Waals surface area contributed by atoms with Crippen LogP contribution in [0.1, 0.15) is 39.0 Å². The Balaban J connectivity index is 2.64. The first-order valence-electron chi connectivity index (χ1n) is 4.64. The molecule has 0 aromatic rings. The third-order valence-corrected chi connectivity index (χ3v) is 6.75. The Hall–Kier alpha value is 0.350. The SMILES string of the molecule is CC1(S(C)(C)C)CCCCC1. The minimum atomic E-state index is -0.325. The molecule has 0 radical (unpaired) electrons. The Morgan fingerprint density at radius 2 is 1.36 bits per heavy atom. The van der Waals surface area contributed by atoms with Crippen molar-refractivity contribution in [1.29, 1.82) is 0 Å². The first kappa shape index (κ1) is 9.44. The quantitative estimate of drug-likeness (QED) is 0.571. The first-order valence-corrected chi connectivity index (χ1v) is 7.49. The summed E-state index contributed by atoms with van der Waals surface area (Å²) in [6.45, 7) is 2.50. The molecule has 0 aromatic heterocycles. The Kier molecular flexibility index (Phi) is 2.58. The molecule has 0 spiro atoms. The largest absolute Gasteiger partial charge is 0.244 e. The van der Waals surface area contributed by atoms with Gasteiger partial charge < -0.3 is 0 Å². The molecule has 0 amide bonds. The van der Waals surface area contributed by atoms with Crippen LogP contribution >= 0.6 is 10.0 Å². The Labute approximate surface area is 73.1 Å². The van der Waals surface area contributed by atoms with Gasteiger partial charge in [0.1, 0.15) is 0 Å². The van der Waals surface area contributed by atoms with Crippen molar-refractivity contribution in [3.63, 3.8) is 0 Å². The van der Waals surface area contributed by atoms with Gasteiger partial charge in [0.05, 0.1) is 0 Å². The van der Waals surface area contributed by atoms with Gasteiger partial charge in [0.25, 0.3) is 0 Å². The maximum absolute atomic E-state index is 2.50. The van der Waals surface area contributed by atoms with Gasteiger partial charge >= 0.3 is 0 Å². The summed E-state index contributed by atoms with van der Waals surface area (Å²) in [5.41, 5.74) is 0. The standard InChI is InChI=1S/C10H22S/c1-10(11(2,3)4)8-6-5-7-9-10/h5-9H2,1-4H3. The van der Waals surface area contributed by atoms with Gasteiger partial charge in [-0.25, -0.2) is 10.0 Å². The molecule has 0 heterocycles. The van der Waals surface area contributed by atoms with Crippen molar-refractivity contribution < 1.29 is 0 Å². The van der Waals surface area contributed by atoms with Gasteiger partial charge in [0.2, 0.25) is 0 Å². The molecule has 0 atom stereocenters. The van der Waals surface area contributed by atoms with E-state index in [0.29, 0.717) is 4.75 Å². The fourth-order valence-corrected chi connectivity index (χ4v) is 3.43. The van der Waals surface area contributed by atoms with E-state index in [1.54, 1.807) is 0 Å². The molecule has 1 aliphatic carbocycles. The van der Waals surface area contributed by atoms with Gasteiger partial charge in [-0.3, -0.25) is 0 Å². The van der Waals surface area contributed by atoms with E-state index in [2.05, 4.69) is 25.7 Å². The fraction of sp³-hybridized carbons (Fsp3) is 1.00. The number of hydrogen-bond donors (Lipinski definition) is 0. The molecule has 0 nitrogen and oxygen atoms in total. The highest BCUT2D eigenvalue weighted by Crippen LogP contribution is 2.56. The maximum Gasteiger partial charge on any atom is -0.00331 e. The normalized spacial score (nSPS) is 26.5. The molecule has 0 saturated heterocycles. The molecule has 11 heavy (non-hydrogen) atoms. The van der Waals surface area contributed by atoms with Crippen LogP contribution in [0.25, 0.3) is 0 Å². The molecular weight excluding hydrogens is 152 g/mol. The van der Waals surface area contributed by atoms with Crippen molar-refractivity contribution in [1.82, 2.24) is 0 Å². The second kappa shape index (κ2) is 3.01. The summed E-state index contributed by atoms with van der Waals surface area (Å²) >= 11 is 0. The number of rotatable bonds is 1. The van der Waals surface area contributed by atoms with Crippen LogP contribution in [-0.2, 0) is 0 Å². The highest BCUT2D eigenvalue weighted by Gasteiger charge is 2.34. The van der Waals surface area contributed by atoms with Crippen LogP contribution in [0.2, 0.25) is 0 Å². The van der Waals surface area contributed by atoms with Gasteiger partial charge in [-0.15, -0.1) is 0 Å². The smallest absolute Gasteiger partial charge is 0.00331 e. The average molecular weight is 174 g/mol. The van der Waals surface area contributed by atoms with Crippen LogP contribution < -0.4 is 0 Å². The second-order valence-electron chi connectivity index (χ2n) is 4.85. The molecule has 1 fully saturated rings. The fourth-order valence-electron chi connectivity index (χ4n) is 1.91. The van der Waals surface area contributed by atoms with E-state index in [9.17, 15) is 0 Å². The van der Waals surface area contributed by atoms with Crippen molar-refractivity contribution in [2.24, 2.45) is 0 Å². The average Bonchev–Trinajstić information content (AvgIpc) is 1.87. The monoisotopic (exact) mass is 174 g/mol. The van der Waals surface area contributed by atoms with Crippen LogP contribution in [0.15, 0.2) is 0 Å². The Bertz CT molecular complexity index is 126. The third-order valence-electron chi connectivity index (χ3n) is 3.39. The summed E-state index contributed by atoms with van der Waals surface area (Å²) in [5.74, 6) is 0. The Morgan fingerprint density at radius 1 is 0.909 bits per heavy atom. The first-order chi connectivity index (χ1) is 4.96. The van der Waals surface area contributed by atoms with Crippen LogP contribution in [0.4, 0.5) is 0 Å². The predicted molar refractivity (Wildman–Crippen MR) is 56.9 cm³/mol. The summed E-state index contributed by atoms with van der Waals surface area (Å²) in [5, 5.41) is 0. The predicted octanol–water partition coefficient (Wildman–Crippen LogP) is 3.40. The summed E-state index contributed by atoms with van der Waals surface area (Å²) in [7, 11) is -0.325. The van der Waals surface area contributed by atoms with E-state index >= 15 is 0 Å². The van der Waals surface area contributed by atoms with Crippen molar-refractivity contribution in [2.45, 2.75) is 43.8 Å². The topological polar surface area (TPSA) is 0 Å². The minimum absolute atomic E-state index is 0.325. The molecule has 0 bridgehead atoms. The molecule has 1 heteroatoms. The van der Waals surface area contributed by atoms with Crippen LogP contribution in [-0.4, -0.2) is 23.5 Å². The zero-order valence-corrected chi connectivity index (χ0v) is 9.26. The third kappa shape index (κ3) is 1.93. The van der Waals surface area contributed by atoms with Crippen molar-refractivity contribution in [3.8, 4) is 0 Å². The molecule has 1 aliphatic rings. The van der Waals surface area contributed by atoms with Gasteiger partial charge in [0.15, 0.2) is 0 Å². The lowest BCUT2D eigenvalue weighted by molar-refractivity contribution is 0.417.